The highest BCUT2D eigenvalue weighted by molar-refractivity contribution is 7.89. The van der Waals surface area contributed by atoms with Crippen molar-refractivity contribution < 1.29 is 22.7 Å². The van der Waals surface area contributed by atoms with Crippen molar-refractivity contribution in [3.05, 3.63) is 24.3 Å². The summed E-state index contributed by atoms with van der Waals surface area (Å²) in [7, 11) is -3.88. The number of hydrogen-bond donors (Lipinski definition) is 1. The Morgan fingerprint density at radius 3 is 2.30 bits per heavy atom. The minimum Gasteiger partial charge on any atom is -0.481 e. The molecule has 0 radical (unpaired) electrons. The van der Waals surface area contributed by atoms with E-state index in [0.717, 1.165) is 12.8 Å². The predicted molar refractivity (Wildman–Crippen MR) is 103 cm³/mol. The van der Waals surface area contributed by atoms with Gasteiger partial charge in [0.15, 0.2) is 0 Å². The van der Waals surface area contributed by atoms with Crippen LogP contribution in [0.15, 0.2) is 29.2 Å². The van der Waals surface area contributed by atoms with Crippen molar-refractivity contribution in [3.8, 4) is 17.6 Å². The van der Waals surface area contributed by atoms with Crippen LogP contribution in [0.1, 0.15) is 53.4 Å². The maximum absolute atomic E-state index is 12.9. The molecule has 1 aromatic rings. The molecule has 6 nitrogen and oxygen atoms in total. The third-order valence-corrected chi connectivity index (χ3v) is 5.75. The molecule has 0 unspecified atom stereocenters. The largest absolute Gasteiger partial charge is 0.481 e. The van der Waals surface area contributed by atoms with Crippen LogP contribution in [0, 0.1) is 11.8 Å². The van der Waals surface area contributed by atoms with Crippen molar-refractivity contribution in [2.75, 3.05) is 6.61 Å². The Labute approximate surface area is 161 Å². The quantitative estimate of drug-likeness (QED) is 0.593. The van der Waals surface area contributed by atoms with Crippen LogP contribution in [-0.4, -0.2) is 32.1 Å². The molecule has 0 atom stereocenters. The maximum Gasteiger partial charge on any atom is 0.327 e. The van der Waals surface area contributed by atoms with E-state index in [4.69, 9.17) is 9.47 Å². The van der Waals surface area contributed by atoms with Crippen LogP contribution in [0.4, 0.5) is 0 Å². The summed E-state index contributed by atoms with van der Waals surface area (Å²) in [4.78, 5) is 12.8. The summed E-state index contributed by atoms with van der Waals surface area (Å²) in [5.74, 6) is 5.50. The van der Waals surface area contributed by atoms with E-state index < -0.39 is 27.1 Å². The number of carbonyl (C=O) groups is 1. The van der Waals surface area contributed by atoms with E-state index in [-0.39, 0.29) is 11.5 Å². The van der Waals surface area contributed by atoms with Gasteiger partial charge in [0.25, 0.3) is 0 Å². The fourth-order valence-corrected chi connectivity index (χ4v) is 4.34. The topological polar surface area (TPSA) is 81.7 Å². The molecule has 0 amide bonds. The highest BCUT2D eigenvalue weighted by Crippen LogP contribution is 2.34. The molecule has 0 saturated heterocycles. The highest BCUT2D eigenvalue weighted by Gasteiger charge is 2.47. The fraction of sp³-hybridized carbons (Fsp3) is 0.550. The summed E-state index contributed by atoms with van der Waals surface area (Å²) in [6.07, 6.45) is 2.40. The average Bonchev–Trinajstić information content (AvgIpc) is 3.03. The predicted octanol–water partition coefficient (Wildman–Crippen LogP) is 3.02. The van der Waals surface area contributed by atoms with E-state index >= 15 is 0 Å². The average molecular weight is 394 g/mol. The number of esters is 1. The molecule has 1 aliphatic rings. The second-order valence-electron chi connectivity index (χ2n) is 7.58. The van der Waals surface area contributed by atoms with Crippen molar-refractivity contribution in [2.45, 2.75) is 69.4 Å². The van der Waals surface area contributed by atoms with Crippen LogP contribution < -0.4 is 9.46 Å². The van der Waals surface area contributed by atoms with Gasteiger partial charge in [0.1, 0.15) is 23.5 Å². The Hall–Kier alpha value is -2.04. The van der Waals surface area contributed by atoms with Crippen LogP contribution >= 0.6 is 0 Å². The normalized spacial score (nSPS) is 16.3. The van der Waals surface area contributed by atoms with Gasteiger partial charge in [0, 0.05) is 0 Å². The van der Waals surface area contributed by atoms with E-state index in [0.29, 0.717) is 18.6 Å². The van der Waals surface area contributed by atoms with Gasteiger partial charge in [-0.15, -0.1) is 5.92 Å². The van der Waals surface area contributed by atoms with E-state index in [9.17, 15) is 13.2 Å². The summed E-state index contributed by atoms with van der Waals surface area (Å²) in [6, 6.07) is 6.05. The van der Waals surface area contributed by atoms with Crippen LogP contribution in [0.5, 0.6) is 5.75 Å². The minimum absolute atomic E-state index is 0.0752. The van der Waals surface area contributed by atoms with Gasteiger partial charge in [-0.1, -0.05) is 18.8 Å². The zero-order valence-corrected chi connectivity index (χ0v) is 17.1. The van der Waals surface area contributed by atoms with Crippen molar-refractivity contribution in [3.63, 3.8) is 0 Å². The van der Waals surface area contributed by atoms with Gasteiger partial charge >= 0.3 is 5.97 Å². The van der Waals surface area contributed by atoms with Crippen LogP contribution in [0.2, 0.25) is 0 Å². The lowest BCUT2D eigenvalue weighted by atomic mass is 9.99. The number of ether oxygens (including phenoxy) is 2. The third-order valence-electron chi connectivity index (χ3n) is 4.20. The van der Waals surface area contributed by atoms with Crippen LogP contribution in [-0.2, 0) is 19.6 Å². The lowest BCUT2D eigenvalue weighted by molar-refractivity contribution is -0.162. The maximum atomic E-state index is 12.9. The number of nitrogens with one attached hydrogen (secondary N) is 1. The summed E-state index contributed by atoms with van der Waals surface area (Å²) >= 11 is 0. The Balaban J connectivity index is 2.19. The van der Waals surface area contributed by atoms with Gasteiger partial charge in [-0.25, -0.2) is 13.2 Å². The summed E-state index contributed by atoms with van der Waals surface area (Å²) < 4.78 is 39.2. The zero-order chi connectivity index (χ0) is 20.1. The van der Waals surface area contributed by atoms with Crippen LogP contribution in [0.25, 0.3) is 0 Å². The first-order valence-corrected chi connectivity index (χ1v) is 10.5. The molecule has 0 heterocycles. The lowest BCUT2D eigenvalue weighted by Gasteiger charge is -2.31. The van der Waals surface area contributed by atoms with E-state index in [1.165, 1.54) is 12.1 Å². The molecule has 0 bridgehead atoms. The summed E-state index contributed by atoms with van der Waals surface area (Å²) in [5, 5.41) is 0. The second kappa shape index (κ2) is 8.32. The van der Waals surface area contributed by atoms with Gasteiger partial charge < -0.3 is 9.47 Å². The Morgan fingerprint density at radius 1 is 1.19 bits per heavy atom. The Bertz CT molecular complexity index is 820. The van der Waals surface area contributed by atoms with Crippen molar-refractivity contribution in [2.24, 2.45) is 0 Å². The Kier molecular flexibility index (Phi) is 6.55. The van der Waals surface area contributed by atoms with Gasteiger partial charge in [-0.05, 0) is 64.8 Å². The number of carbonyl (C=O) groups excluding carboxylic acids is 1. The molecule has 0 aliphatic heterocycles. The summed E-state index contributed by atoms with van der Waals surface area (Å²) in [6.45, 7) is 7.26. The molecule has 1 saturated carbocycles. The van der Waals surface area contributed by atoms with Crippen LogP contribution in [0.3, 0.4) is 0 Å². The Morgan fingerprint density at radius 2 is 1.78 bits per heavy atom. The van der Waals surface area contributed by atoms with Crippen molar-refractivity contribution in [1.29, 1.82) is 0 Å². The lowest BCUT2D eigenvalue weighted by Crippen LogP contribution is -2.54. The first-order chi connectivity index (χ1) is 12.6. The first-order valence-electron chi connectivity index (χ1n) is 8.98. The standard InChI is InChI=1S/C20H27NO5S/c1-5-6-15-25-16-9-11-17(12-10-16)27(23,24)21-20(13-7-8-14-20)18(22)26-19(2,3)4/h9-12,21H,7-8,13-15H2,1-4H3. The molecule has 1 aromatic carbocycles. The molecule has 0 spiro atoms. The molecule has 27 heavy (non-hydrogen) atoms. The molecule has 1 aliphatic carbocycles. The molecule has 1 N–H and O–H groups in total. The molecular weight excluding hydrogens is 366 g/mol. The molecule has 148 valence electrons. The smallest absolute Gasteiger partial charge is 0.327 e. The molecule has 0 aromatic heterocycles. The van der Waals surface area contributed by atoms with Crippen molar-refractivity contribution >= 4 is 16.0 Å². The van der Waals surface area contributed by atoms with Crippen molar-refractivity contribution in [1.82, 2.24) is 4.72 Å². The fourth-order valence-electron chi connectivity index (χ4n) is 2.92. The minimum atomic E-state index is -3.88. The van der Waals surface area contributed by atoms with E-state index in [1.807, 2.05) is 0 Å². The third kappa shape index (κ3) is 5.72. The summed E-state index contributed by atoms with van der Waals surface area (Å²) in [5.41, 5.74) is -1.89. The second-order valence-corrected chi connectivity index (χ2v) is 9.27. The van der Waals surface area contributed by atoms with E-state index in [2.05, 4.69) is 16.6 Å². The number of sulfonamides is 1. The molecule has 1 fully saturated rings. The molecule has 2 rings (SSSR count). The number of hydrogen-bond acceptors (Lipinski definition) is 5. The van der Waals surface area contributed by atoms with Gasteiger partial charge in [-0.2, -0.15) is 4.72 Å². The first kappa shape index (κ1) is 21.3. The SMILES string of the molecule is CC#CCOc1ccc(S(=O)(=O)NC2(C(=O)OC(C)(C)C)CCCC2)cc1. The molecule has 7 heteroatoms. The number of rotatable bonds is 6. The van der Waals surface area contributed by atoms with Gasteiger partial charge in [0.2, 0.25) is 10.0 Å². The van der Waals surface area contributed by atoms with Gasteiger partial charge in [-0.3, -0.25) is 0 Å². The van der Waals surface area contributed by atoms with E-state index in [1.54, 1.807) is 39.8 Å². The monoisotopic (exact) mass is 393 g/mol. The highest BCUT2D eigenvalue weighted by atomic mass is 32.2. The molecular formula is C20H27NO5S. The van der Waals surface area contributed by atoms with Gasteiger partial charge in [0.05, 0.1) is 4.90 Å². The number of benzene rings is 1. The zero-order valence-electron chi connectivity index (χ0n) is 16.3.